The van der Waals surface area contributed by atoms with E-state index < -0.39 is 21.3 Å². The number of ether oxygens (including phenoxy) is 1. The number of nitrogens with one attached hydrogen (secondary N) is 1. The van der Waals surface area contributed by atoms with Crippen molar-refractivity contribution in [3.8, 4) is 0 Å². The van der Waals surface area contributed by atoms with Gasteiger partial charge in [-0.05, 0) is 24.1 Å². The van der Waals surface area contributed by atoms with Crippen LogP contribution < -0.4 is 4.72 Å². The molecular weight excluding hydrogens is 311 g/mol. The maximum absolute atomic E-state index is 13.1. The van der Waals surface area contributed by atoms with Gasteiger partial charge >= 0.3 is 0 Å². The lowest BCUT2D eigenvalue weighted by Crippen LogP contribution is -2.39. The molecule has 0 radical (unpaired) electrons. The lowest BCUT2D eigenvalue weighted by Gasteiger charge is -2.23. The van der Waals surface area contributed by atoms with Crippen LogP contribution in [0.15, 0.2) is 24.3 Å². The van der Waals surface area contributed by atoms with Crippen molar-refractivity contribution in [2.75, 3.05) is 33.9 Å². The Kier molecular flexibility index (Phi) is 5.87. The molecule has 0 spiro atoms. The molecule has 2 atom stereocenters. The molecule has 8 heteroatoms. The largest absolute Gasteiger partial charge is 0.385 e. The van der Waals surface area contributed by atoms with Crippen LogP contribution >= 0.6 is 0 Å². The second-order valence-electron chi connectivity index (χ2n) is 5.16. The van der Waals surface area contributed by atoms with Crippen molar-refractivity contribution in [2.45, 2.75) is 17.7 Å². The predicted molar refractivity (Wildman–Crippen MR) is 80.1 cm³/mol. The highest BCUT2D eigenvalue weighted by atomic mass is 32.2. The molecule has 1 saturated heterocycles. The first kappa shape index (κ1) is 17.3. The van der Waals surface area contributed by atoms with E-state index in [4.69, 9.17) is 9.57 Å². The maximum atomic E-state index is 13.1. The van der Waals surface area contributed by atoms with Crippen LogP contribution in [0.3, 0.4) is 0 Å². The van der Waals surface area contributed by atoms with E-state index in [9.17, 15) is 12.8 Å². The summed E-state index contributed by atoms with van der Waals surface area (Å²) in [5.41, 5.74) is 0.702. The zero-order chi connectivity index (χ0) is 16.2. The second kappa shape index (κ2) is 7.47. The monoisotopic (exact) mass is 332 g/mol. The molecule has 1 heterocycles. The molecule has 1 N–H and O–H groups in total. The minimum atomic E-state index is -3.55. The quantitative estimate of drug-likeness (QED) is 0.757. The molecule has 1 aliphatic heterocycles. The fraction of sp³-hybridized carbons (Fsp3) is 0.571. The molecule has 1 aliphatic rings. The molecule has 0 aromatic heterocycles. The number of rotatable bonds is 7. The number of halogens is 1. The zero-order valence-corrected chi connectivity index (χ0v) is 13.5. The van der Waals surface area contributed by atoms with Gasteiger partial charge in [0, 0.05) is 27.3 Å². The Hall–Kier alpha value is -1.06. The van der Waals surface area contributed by atoms with Gasteiger partial charge in [-0.2, -0.15) is 5.06 Å². The van der Waals surface area contributed by atoms with Crippen LogP contribution in [0.25, 0.3) is 0 Å². The van der Waals surface area contributed by atoms with Gasteiger partial charge < -0.3 is 4.74 Å². The van der Waals surface area contributed by atoms with Gasteiger partial charge in [-0.15, -0.1) is 0 Å². The van der Waals surface area contributed by atoms with Crippen LogP contribution in [-0.2, 0) is 19.6 Å². The first-order valence-corrected chi connectivity index (χ1v) is 8.59. The summed E-state index contributed by atoms with van der Waals surface area (Å²) in [7, 11) is -0.303. The lowest BCUT2D eigenvalue weighted by atomic mass is 10.0. The lowest BCUT2D eigenvalue weighted by molar-refractivity contribution is -0.110. The topological polar surface area (TPSA) is 67.9 Å². The Morgan fingerprint density at radius 1 is 1.41 bits per heavy atom. The van der Waals surface area contributed by atoms with Crippen molar-refractivity contribution in [1.82, 2.24) is 9.79 Å². The zero-order valence-electron chi connectivity index (χ0n) is 12.7. The number of hydrogen-bond donors (Lipinski definition) is 1. The average Bonchev–Trinajstić information content (AvgIpc) is 2.87. The van der Waals surface area contributed by atoms with Crippen molar-refractivity contribution < 1.29 is 22.4 Å². The standard InChI is InChI=1S/C14H21FN2O4S/c1-17-14(11-4-6-12(15)7-5-11)13(10-21-17)22(18,19)16-8-3-9-20-2/h4-7,13-14,16H,3,8-10H2,1-2H3. The van der Waals surface area contributed by atoms with Crippen LogP contribution in [0, 0.1) is 5.82 Å². The Bertz CT molecular complexity index is 579. The number of nitrogens with zero attached hydrogens (tertiary/aromatic N) is 1. The van der Waals surface area contributed by atoms with E-state index in [1.54, 1.807) is 26.3 Å². The Morgan fingerprint density at radius 2 is 2.09 bits per heavy atom. The highest BCUT2D eigenvalue weighted by molar-refractivity contribution is 7.90. The van der Waals surface area contributed by atoms with Crippen LogP contribution in [0.5, 0.6) is 0 Å². The molecule has 6 nitrogen and oxygen atoms in total. The summed E-state index contributed by atoms with van der Waals surface area (Å²) in [5.74, 6) is -0.359. The van der Waals surface area contributed by atoms with E-state index in [-0.39, 0.29) is 12.4 Å². The molecule has 124 valence electrons. The molecule has 0 saturated carbocycles. The van der Waals surface area contributed by atoms with Crippen LogP contribution in [-0.4, -0.2) is 52.6 Å². The molecule has 1 aromatic carbocycles. The van der Waals surface area contributed by atoms with E-state index >= 15 is 0 Å². The fourth-order valence-electron chi connectivity index (χ4n) is 2.48. The molecule has 0 amide bonds. The summed E-state index contributed by atoms with van der Waals surface area (Å²) >= 11 is 0. The number of hydroxylamine groups is 2. The van der Waals surface area contributed by atoms with Gasteiger partial charge in [0.2, 0.25) is 10.0 Å². The molecule has 0 aliphatic carbocycles. The summed E-state index contributed by atoms with van der Waals surface area (Å²) < 4.78 is 45.4. The Morgan fingerprint density at radius 3 is 2.73 bits per heavy atom. The van der Waals surface area contributed by atoms with Crippen molar-refractivity contribution in [3.05, 3.63) is 35.6 Å². The van der Waals surface area contributed by atoms with Gasteiger partial charge in [0.05, 0.1) is 12.6 Å². The van der Waals surface area contributed by atoms with Gasteiger partial charge in [0.1, 0.15) is 11.1 Å². The molecule has 22 heavy (non-hydrogen) atoms. The van der Waals surface area contributed by atoms with E-state index in [1.807, 2.05) is 0 Å². The third kappa shape index (κ3) is 4.02. The first-order valence-electron chi connectivity index (χ1n) is 7.04. The molecular formula is C14H21FN2O4S. The number of sulfonamides is 1. The van der Waals surface area contributed by atoms with E-state index in [0.29, 0.717) is 25.1 Å². The van der Waals surface area contributed by atoms with E-state index in [2.05, 4.69) is 4.72 Å². The highest BCUT2D eigenvalue weighted by Crippen LogP contribution is 2.33. The normalized spacial score (nSPS) is 23.0. The Balaban J connectivity index is 2.12. The molecule has 2 unspecified atom stereocenters. The Labute approximate surface area is 130 Å². The summed E-state index contributed by atoms with van der Waals surface area (Å²) in [4.78, 5) is 5.37. The highest BCUT2D eigenvalue weighted by Gasteiger charge is 2.42. The SMILES string of the molecule is COCCCNS(=O)(=O)C1CON(C)C1c1ccc(F)cc1. The number of benzene rings is 1. The van der Waals surface area contributed by atoms with Gasteiger partial charge in [-0.3, -0.25) is 4.84 Å². The first-order chi connectivity index (χ1) is 10.5. The van der Waals surface area contributed by atoms with Gasteiger partial charge in [0.15, 0.2) is 0 Å². The summed E-state index contributed by atoms with van der Waals surface area (Å²) in [5, 5.41) is 0.761. The van der Waals surface area contributed by atoms with Crippen LogP contribution in [0.1, 0.15) is 18.0 Å². The fourth-order valence-corrected chi connectivity index (χ4v) is 4.03. The van der Waals surface area contributed by atoms with Gasteiger partial charge in [-0.25, -0.2) is 17.5 Å². The van der Waals surface area contributed by atoms with Gasteiger partial charge in [0.25, 0.3) is 0 Å². The third-order valence-electron chi connectivity index (χ3n) is 3.62. The average molecular weight is 332 g/mol. The molecule has 1 fully saturated rings. The van der Waals surface area contributed by atoms with Crippen LogP contribution in [0.2, 0.25) is 0 Å². The smallest absolute Gasteiger partial charge is 0.218 e. The summed E-state index contributed by atoms with van der Waals surface area (Å²) in [6.07, 6.45) is 0.598. The van der Waals surface area contributed by atoms with Crippen molar-refractivity contribution in [1.29, 1.82) is 0 Å². The van der Waals surface area contributed by atoms with Crippen LogP contribution in [0.4, 0.5) is 4.39 Å². The van der Waals surface area contributed by atoms with Gasteiger partial charge in [-0.1, -0.05) is 12.1 Å². The predicted octanol–water partition coefficient (Wildman–Crippen LogP) is 1.07. The number of methoxy groups -OCH3 is 1. The van der Waals surface area contributed by atoms with E-state index in [0.717, 1.165) is 0 Å². The third-order valence-corrected chi connectivity index (χ3v) is 5.42. The van der Waals surface area contributed by atoms with Crippen molar-refractivity contribution in [2.24, 2.45) is 0 Å². The minimum Gasteiger partial charge on any atom is -0.385 e. The molecule has 2 rings (SSSR count). The maximum Gasteiger partial charge on any atom is 0.218 e. The summed E-state index contributed by atoms with van der Waals surface area (Å²) in [6, 6.07) is 5.33. The number of hydrogen-bond acceptors (Lipinski definition) is 5. The molecule has 1 aromatic rings. The van der Waals surface area contributed by atoms with E-state index in [1.165, 1.54) is 17.2 Å². The molecule has 0 bridgehead atoms. The second-order valence-corrected chi connectivity index (χ2v) is 7.15. The summed E-state index contributed by atoms with van der Waals surface area (Å²) in [6.45, 7) is 0.871. The van der Waals surface area contributed by atoms with Crippen molar-refractivity contribution >= 4 is 10.0 Å². The minimum absolute atomic E-state index is 0.0676. The van der Waals surface area contributed by atoms with Crippen molar-refractivity contribution in [3.63, 3.8) is 0 Å².